The summed E-state index contributed by atoms with van der Waals surface area (Å²) >= 11 is 6.59. The number of H-pyrrole nitrogens is 1. The minimum Gasteiger partial charge on any atom is -0.381 e. The molecule has 0 amide bonds. The number of halogens is 2. The molecular formula is C21H30ClIN6O. The fourth-order valence-electron chi connectivity index (χ4n) is 4.55. The number of nitrogens with one attached hydrogen (secondary N) is 2. The zero-order valence-corrected chi connectivity index (χ0v) is 20.4. The van der Waals surface area contributed by atoms with Crippen LogP contribution >= 0.6 is 35.6 Å². The molecular weight excluding hydrogens is 515 g/mol. The highest BCUT2D eigenvalue weighted by atomic mass is 127. The smallest absolute Gasteiger partial charge is 0.193 e. The van der Waals surface area contributed by atoms with Crippen LogP contribution < -0.4 is 5.32 Å². The quantitative estimate of drug-likeness (QED) is 0.350. The number of rotatable bonds is 4. The molecule has 2 aliphatic heterocycles. The molecule has 164 valence electrons. The summed E-state index contributed by atoms with van der Waals surface area (Å²) in [6.45, 7) is 4.22. The highest BCUT2D eigenvalue weighted by Crippen LogP contribution is 2.38. The number of likely N-dealkylation sites (tertiary alicyclic amines) is 1. The Labute approximate surface area is 200 Å². The number of aromatic nitrogens is 3. The first-order chi connectivity index (χ1) is 14.2. The molecule has 3 heterocycles. The van der Waals surface area contributed by atoms with Crippen molar-refractivity contribution < 1.29 is 4.74 Å². The van der Waals surface area contributed by atoms with Crippen molar-refractivity contribution in [2.45, 2.75) is 37.0 Å². The average Bonchev–Trinajstić information content (AvgIpc) is 3.31. The third kappa shape index (κ3) is 5.08. The van der Waals surface area contributed by atoms with Gasteiger partial charge in [0, 0.05) is 56.3 Å². The van der Waals surface area contributed by atoms with Crippen molar-refractivity contribution in [2.75, 3.05) is 39.9 Å². The van der Waals surface area contributed by atoms with E-state index in [4.69, 9.17) is 16.3 Å². The highest BCUT2D eigenvalue weighted by molar-refractivity contribution is 14.0. The number of hydrogen-bond donors (Lipinski definition) is 2. The summed E-state index contributed by atoms with van der Waals surface area (Å²) in [6.07, 6.45) is 5.58. The molecule has 0 radical (unpaired) electrons. The third-order valence-electron chi connectivity index (χ3n) is 6.31. The van der Waals surface area contributed by atoms with Crippen molar-refractivity contribution in [3.05, 3.63) is 47.0 Å². The van der Waals surface area contributed by atoms with Gasteiger partial charge in [-0.05, 0) is 37.3 Å². The molecule has 0 saturated carbocycles. The lowest BCUT2D eigenvalue weighted by Crippen LogP contribution is -2.51. The van der Waals surface area contributed by atoms with E-state index in [9.17, 15) is 0 Å². The number of ether oxygens (including phenoxy) is 1. The molecule has 0 atom stereocenters. The largest absolute Gasteiger partial charge is 0.381 e. The summed E-state index contributed by atoms with van der Waals surface area (Å²) in [6, 6.07) is 8.20. The van der Waals surface area contributed by atoms with Crippen molar-refractivity contribution in [3.8, 4) is 0 Å². The second kappa shape index (κ2) is 10.8. The van der Waals surface area contributed by atoms with Crippen LogP contribution in [0.4, 0.5) is 0 Å². The molecule has 2 fully saturated rings. The van der Waals surface area contributed by atoms with Crippen LogP contribution in [0, 0.1) is 0 Å². The molecule has 1 aromatic carbocycles. The second-order valence-electron chi connectivity index (χ2n) is 7.91. The fraction of sp³-hybridized carbons (Fsp3) is 0.571. The van der Waals surface area contributed by atoms with Gasteiger partial charge in [-0.2, -0.15) is 5.10 Å². The minimum absolute atomic E-state index is 0. The summed E-state index contributed by atoms with van der Waals surface area (Å²) in [4.78, 5) is 11.2. The molecule has 0 bridgehead atoms. The molecule has 30 heavy (non-hydrogen) atoms. The average molecular weight is 545 g/mol. The predicted molar refractivity (Wildman–Crippen MR) is 130 cm³/mol. The van der Waals surface area contributed by atoms with Crippen molar-refractivity contribution in [3.63, 3.8) is 0 Å². The maximum Gasteiger partial charge on any atom is 0.193 e. The van der Waals surface area contributed by atoms with E-state index in [1.54, 1.807) is 6.33 Å². The number of nitrogens with zero attached hydrogens (tertiary/aromatic N) is 4. The van der Waals surface area contributed by atoms with Gasteiger partial charge in [-0.1, -0.05) is 29.8 Å². The Bertz CT molecular complexity index is 817. The Morgan fingerprint density at radius 3 is 2.67 bits per heavy atom. The summed E-state index contributed by atoms with van der Waals surface area (Å²) in [5.74, 6) is 2.39. The molecule has 2 N–H and O–H groups in total. The second-order valence-corrected chi connectivity index (χ2v) is 8.31. The van der Waals surface area contributed by atoms with Crippen LogP contribution in [0.5, 0.6) is 0 Å². The summed E-state index contributed by atoms with van der Waals surface area (Å²) in [5, 5.41) is 11.5. The molecule has 4 rings (SSSR count). The number of piperidine rings is 1. The van der Waals surface area contributed by atoms with Crippen molar-refractivity contribution >= 4 is 41.5 Å². The lowest BCUT2D eigenvalue weighted by atomic mass is 9.74. The van der Waals surface area contributed by atoms with Crippen LogP contribution in [-0.4, -0.2) is 65.9 Å². The van der Waals surface area contributed by atoms with Crippen molar-refractivity contribution in [2.24, 2.45) is 4.99 Å². The molecule has 2 aliphatic rings. The molecule has 1 aromatic heterocycles. The number of guanidine groups is 1. The van der Waals surface area contributed by atoms with E-state index < -0.39 is 0 Å². The van der Waals surface area contributed by atoms with Gasteiger partial charge in [-0.3, -0.25) is 10.1 Å². The van der Waals surface area contributed by atoms with Gasteiger partial charge in [0.25, 0.3) is 0 Å². The van der Waals surface area contributed by atoms with Gasteiger partial charge < -0.3 is 15.0 Å². The number of aliphatic imine (C=N–C) groups is 1. The topological polar surface area (TPSA) is 78.4 Å². The van der Waals surface area contributed by atoms with Crippen molar-refractivity contribution in [1.82, 2.24) is 25.4 Å². The van der Waals surface area contributed by atoms with Gasteiger partial charge in [-0.15, -0.1) is 24.0 Å². The fourth-order valence-corrected chi connectivity index (χ4v) is 4.89. The zero-order chi connectivity index (χ0) is 20.1. The van der Waals surface area contributed by atoms with E-state index in [-0.39, 0.29) is 29.4 Å². The van der Waals surface area contributed by atoms with Crippen LogP contribution in [0.3, 0.4) is 0 Å². The Kier molecular flexibility index (Phi) is 8.35. The van der Waals surface area contributed by atoms with Gasteiger partial charge in [0.05, 0.1) is 0 Å². The Hall–Kier alpha value is -1.39. The summed E-state index contributed by atoms with van der Waals surface area (Å²) in [7, 11) is 1.86. The van der Waals surface area contributed by atoms with Gasteiger partial charge >= 0.3 is 0 Å². The molecule has 2 aromatic rings. The monoisotopic (exact) mass is 544 g/mol. The number of aromatic amines is 1. The van der Waals surface area contributed by atoms with Crippen LogP contribution in [0.1, 0.15) is 43.0 Å². The van der Waals surface area contributed by atoms with E-state index >= 15 is 0 Å². The zero-order valence-electron chi connectivity index (χ0n) is 17.3. The minimum atomic E-state index is -0.0370. The summed E-state index contributed by atoms with van der Waals surface area (Å²) in [5.41, 5.74) is 1.17. The Morgan fingerprint density at radius 2 is 2.03 bits per heavy atom. The molecule has 0 aliphatic carbocycles. The predicted octanol–water partition coefficient (Wildman–Crippen LogP) is 3.58. The van der Waals surface area contributed by atoms with Crippen LogP contribution in [0.15, 0.2) is 35.6 Å². The van der Waals surface area contributed by atoms with E-state index in [0.29, 0.717) is 5.92 Å². The van der Waals surface area contributed by atoms with Crippen LogP contribution in [0.2, 0.25) is 5.02 Å². The van der Waals surface area contributed by atoms with Gasteiger partial charge in [0.2, 0.25) is 0 Å². The van der Waals surface area contributed by atoms with E-state index in [0.717, 1.165) is 75.3 Å². The Balaban J connectivity index is 0.00000256. The Morgan fingerprint density at radius 1 is 1.30 bits per heavy atom. The van der Waals surface area contributed by atoms with Crippen LogP contribution in [-0.2, 0) is 10.2 Å². The molecule has 0 spiro atoms. The highest BCUT2D eigenvalue weighted by Gasteiger charge is 2.36. The lowest BCUT2D eigenvalue weighted by Gasteiger charge is -2.40. The normalized spacial score (nSPS) is 19.9. The summed E-state index contributed by atoms with van der Waals surface area (Å²) < 4.78 is 5.66. The van der Waals surface area contributed by atoms with Crippen LogP contribution in [0.25, 0.3) is 0 Å². The third-order valence-corrected chi connectivity index (χ3v) is 6.64. The molecule has 2 saturated heterocycles. The van der Waals surface area contributed by atoms with Gasteiger partial charge in [0.15, 0.2) is 5.96 Å². The lowest BCUT2D eigenvalue weighted by molar-refractivity contribution is 0.0511. The maximum absolute atomic E-state index is 6.59. The number of benzene rings is 1. The first kappa shape index (κ1) is 23.3. The van der Waals surface area contributed by atoms with E-state index in [2.05, 4.69) is 42.5 Å². The number of hydrogen-bond acceptors (Lipinski definition) is 4. The van der Waals surface area contributed by atoms with Crippen molar-refractivity contribution in [1.29, 1.82) is 0 Å². The van der Waals surface area contributed by atoms with Gasteiger partial charge in [-0.25, -0.2) is 4.98 Å². The molecule has 7 nitrogen and oxygen atoms in total. The SMILES string of the molecule is CN=C(NCC1(c2ccccc2Cl)CCOCC1)N1CCC(c2ncn[nH]2)CC1.I. The molecule has 9 heteroatoms. The first-order valence-electron chi connectivity index (χ1n) is 10.4. The van der Waals surface area contributed by atoms with E-state index in [1.807, 2.05) is 19.2 Å². The molecule has 0 unspecified atom stereocenters. The first-order valence-corrected chi connectivity index (χ1v) is 10.7. The van der Waals surface area contributed by atoms with Gasteiger partial charge in [0.1, 0.15) is 12.2 Å². The van der Waals surface area contributed by atoms with E-state index in [1.165, 1.54) is 5.56 Å². The maximum atomic E-state index is 6.59. The standard InChI is InChI=1S/C21H29ClN6O.HI/c1-23-20(28-10-6-16(7-11-28)19-25-15-26-27-19)24-14-21(8-12-29-13-9-21)17-4-2-3-5-18(17)22;/h2-5,15-16H,6-14H2,1H3,(H,23,24)(H,25,26,27);1H.